The Kier molecular flexibility index (Phi) is 21.3. The molecule has 0 aromatic heterocycles. The predicted molar refractivity (Wildman–Crippen MR) is 174 cm³/mol. The van der Waals surface area contributed by atoms with Crippen LogP contribution in [0.25, 0.3) is 0 Å². The fourth-order valence-corrected chi connectivity index (χ4v) is 5.25. The highest BCUT2D eigenvalue weighted by Gasteiger charge is 2.47. The van der Waals surface area contributed by atoms with E-state index in [2.05, 4.69) is 31.2 Å². The van der Waals surface area contributed by atoms with Crippen LogP contribution in [-0.4, -0.2) is 142 Å². The lowest BCUT2D eigenvalue weighted by Gasteiger charge is -2.42. The molecule has 2 aliphatic heterocycles. The van der Waals surface area contributed by atoms with Gasteiger partial charge in [-0.1, -0.05) is 63.3 Å². The van der Waals surface area contributed by atoms with Gasteiger partial charge in [-0.05, 0) is 32.1 Å². The molecule has 11 atom stereocenters. The summed E-state index contributed by atoms with van der Waals surface area (Å²) in [5, 5.41) is 70.8. The van der Waals surface area contributed by atoms with Gasteiger partial charge in [-0.3, -0.25) is 9.59 Å². The molecular formula is C34H58O15. The summed E-state index contributed by atoms with van der Waals surface area (Å²) in [6, 6.07) is 0. The molecule has 7 N–H and O–H groups in total. The number of aliphatic hydroxyl groups excluding tert-OH is 7. The molecule has 2 saturated heterocycles. The first-order chi connectivity index (χ1) is 23.5. The van der Waals surface area contributed by atoms with Crippen LogP contribution in [0.15, 0.2) is 24.3 Å². The molecule has 0 amide bonds. The second-order valence-corrected chi connectivity index (χ2v) is 12.4. The quantitative estimate of drug-likeness (QED) is 0.0436. The van der Waals surface area contributed by atoms with Gasteiger partial charge in [0.25, 0.3) is 0 Å². The molecule has 284 valence electrons. The highest BCUT2D eigenvalue weighted by Crippen LogP contribution is 2.26. The molecule has 0 saturated carbocycles. The van der Waals surface area contributed by atoms with Crippen LogP contribution < -0.4 is 0 Å². The molecule has 0 aliphatic carbocycles. The first-order valence-corrected chi connectivity index (χ1v) is 17.4. The second kappa shape index (κ2) is 24.2. The highest BCUT2D eigenvalue weighted by molar-refractivity contribution is 5.69. The van der Waals surface area contributed by atoms with Crippen molar-refractivity contribution in [3.8, 4) is 0 Å². The molecule has 0 spiro atoms. The Hall–Kier alpha value is -2.02. The Balaban J connectivity index is 1.77. The van der Waals surface area contributed by atoms with Gasteiger partial charge in [0.15, 0.2) is 18.7 Å². The third-order valence-corrected chi connectivity index (χ3v) is 8.24. The maximum Gasteiger partial charge on any atom is 0.306 e. The summed E-state index contributed by atoms with van der Waals surface area (Å²) < 4.78 is 32.3. The predicted octanol–water partition coefficient (Wildman–Crippen LogP) is 0.525. The smallest absolute Gasteiger partial charge is 0.306 e. The van der Waals surface area contributed by atoms with Crippen LogP contribution >= 0.6 is 0 Å². The fourth-order valence-electron chi connectivity index (χ4n) is 5.25. The number of esters is 2. The Labute approximate surface area is 288 Å². The number of ether oxygens (including phenoxy) is 6. The molecule has 2 fully saturated rings. The van der Waals surface area contributed by atoms with E-state index in [4.69, 9.17) is 28.4 Å². The van der Waals surface area contributed by atoms with Crippen molar-refractivity contribution in [2.45, 2.75) is 152 Å². The van der Waals surface area contributed by atoms with Gasteiger partial charge < -0.3 is 64.2 Å². The molecule has 0 aromatic rings. The largest absolute Gasteiger partial charge is 0.462 e. The van der Waals surface area contributed by atoms with Crippen molar-refractivity contribution in [1.82, 2.24) is 0 Å². The minimum atomic E-state index is -1.76. The molecule has 15 nitrogen and oxygen atoms in total. The summed E-state index contributed by atoms with van der Waals surface area (Å²) in [6.45, 7) is 1.43. The lowest BCUT2D eigenvalue weighted by atomic mass is 9.98. The molecule has 0 bridgehead atoms. The zero-order valence-electron chi connectivity index (χ0n) is 28.7. The van der Waals surface area contributed by atoms with Gasteiger partial charge in [0.2, 0.25) is 0 Å². The van der Waals surface area contributed by atoms with Gasteiger partial charge in [-0.15, -0.1) is 0 Å². The first-order valence-electron chi connectivity index (χ1n) is 17.4. The molecule has 0 radical (unpaired) electrons. The summed E-state index contributed by atoms with van der Waals surface area (Å²) in [6.07, 6.45) is 2.17. The SMILES string of the molecule is CCCC/C=C\C/C=C\CCCCCCCC(=O)OC(COC(C)=O)COC1OC(COC2OC(CO)C(O)C(O)C2O)C(O)C(O)C1O. The van der Waals surface area contributed by atoms with Crippen LogP contribution in [-0.2, 0) is 38.0 Å². The number of hydrogen-bond acceptors (Lipinski definition) is 15. The van der Waals surface area contributed by atoms with E-state index in [0.717, 1.165) is 44.9 Å². The topological polar surface area (TPSA) is 231 Å². The maximum absolute atomic E-state index is 12.5. The lowest BCUT2D eigenvalue weighted by Crippen LogP contribution is -2.61. The molecule has 0 aromatic carbocycles. The Morgan fingerprint density at radius 1 is 0.694 bits per heavy atom. The number of allylic oxidation sites excluding steroid dienone is 4. The van der Waals surface area contributed by atoms with Crippen molar-refractivity contribution in [2.24, 2.45) is 0 Å². The number of rotatable bonds is 23. The van der Waals surface area contributed by atoms with Crippen molar-refractivity contribution in [1.29, 1.82) is 0 Å². The van der Waals surface area contributed by atoms with Crippen LogP contribution in [0.2, 0.25) is 0 Å². The Morgan fingerprint density at radius 2 is 1.27 bits per heavy atom. The number of carbonyl (C=O) groups excluding carboxylic acids is 2. The van der Waals surface area contributed by atoms with Gasteiger partial charge in [-0.25, -0.2) is 0 Å². The summed E-state index contributed by atoms with van der Waals surface area (Å²) in [5.74, 6) is -1.14. The van der Waals surface area contributed by atoms with Gasteiger partial charge in [0.05, 0.1) is 19.8 Å². The zero-order chi connectivity index (χ0) is 36.2. The summed E-state index contributed by atoms with van der Waals surface area (Å²) >= 11 is 0. The highest BCUT2D eigenvalue weighted by atomic mass is 16.7. The van der Waals surface area contributed by atoms with E-state index >= 15 is 0 Å². The van der Waals surface area contributed by atoms with E-state index in [1.54, 1.807) is 0 Å². The van der Waals surface area contributed by atoms with Crippen molar-refractivity contribution in [3.05, 3.63) is 24.3 Å². The molecule has 2 aliphatic rings. The van der Waals surface area contributed by atoms with Crippen LogP contribution in [0.4, 0.5) is 0 Å². The fraction of sp³-hybridized carbons (Fsp3) is 0.824. The van der Waals surface area contributed by atoms with Gasteiger partial charge in [-0.2, -0.15) is 0 Å². The molecule has 2 heterocycles. The van der Waals surface area contributed by atoms with E-state index in [1.165, 1.54) is 19.8 Å². The van der Waals surface area contributed by atoms with Crippen LogP contribution in [0, 0.1) is 0 Å². The zero-order valence-corrected chi connectivity index (χ0v) is 28.7. The molecular weight excluding hydrogens is 648 g/mol. The minimum absolute atomic E-state index is 0.145. The lowest BCUT2D eigenvalue weighted by molar-refractivity contribution is -0.332. The van der Waals surface area contributed by atoms with Crippen molar-refractivity contribution < 1.29 is 73.8 Å². The number of aliphatic hydroxyl groups is 7. The van der Waals surface area contributed by atoms with Gasteiger partial charge in [0, 0.05) is 13.3 Å². The summed E-state index contributed by atoms with van der Waals surface area (Å²) in [5.41, 5.74) is 0. The molecule has 49 heavy (non-hydrogen) atoms. The second-order valence-electron chi connectivity index (χ2n) is 12.4. The average Bonchev–Trinajstić information content (AvgIpc) is 3.08. The molecule has 2 rings (SSSR count). The molecule has 11 unspecified atom stereocenters. The number of hydrogen-bond donors (Lipinski definition) is 7. The maximum atomic E-state index is 12.5. The van der Waals surface area contributed by atoms with Crippen LogP contribution in [0.1, 0.15) is 84.5 Å². The number of unbranched alkanes of at least 4 members (excludes halogenated alkanes) is 7. The number of carbonyl (C=O) groups is 2. The summed E-state index contributed by atoms with van der Waals surface area (Å²) in [4.78, 5) is 24.0. The van der Waals surface area contributed by atoms with Gasteiger partial charge in [0.1, 0.15) is 55.4 Å². The minimum Gasteiger partial charge on any atom is -0.462 e. The third-order valence-electron chi connectivity index (χ3n) is 8.24. The normalized spacial score (nSPS) is 31.3. The third kappa shape index (κ3) is 15.8. The standard InChI is InChI=1S/C34H58O15/c1-3-4-5-6-7-8-9-10-11-12-13-14-15-16-17-26(37)47-23(19-44-22(2)36)20-45-33-32(43)30(41)28(39)25(49-33)21-46-34-31(42)29(40)27(38)24(18-35)48-34/h6-7,9-10,23-25,27-35,38-43H,3-5,8,11-21H2,1-2H3/b7-6-,10-9-. The average molecular weight is 707 g/mol. The summed E-state index contributed by atoms with van der Waals surface area (Å²) in [7, 11) is 0. The van der Waals surface area contributed by atoms with Crippen LogP contribution in [0.3, 0.4) is 0 Å². The van der Waals surface area contributed by atoms with Crippen molar-refractivity contribution >= 4 is 11.9 Å². The van der Waals surface area contributed by atoms with Gasteiger partial charge >= 0.3 is 11.9 Å². The first kappa shape index (κ1) is 43.1. The van der Waals surface area contributed by atoms with E-state index < -0.39 is 99.3 Å². The Morgan fingerprint density at radius 3 is 1.90 bits per heavy atom. The van der Waals surface area contributed by atoms with Crippen LogP contribution in [0.5, 0.6) is 0 Å². The monoisotopic (exact) mass is 706 g/mol. The van der Waals surface area contributed by atoms with E-state index in [9.17, 15) is 45.3 Å². The van der Waals surface area contributed by atoms with E-state index in [1.807, 2.05) is 0 Å². The van der Waals surface area contributed by atoms with E-state index in [-0.39, 0.29) is 13.0 Å². The van der Waals surface area contributed by atoms with Crippen molar-refractivity contribution in [3.63, 3.8) is 0 Å². The van der Waals surface area contributed by atoms with Crippen molar-refractivity contribution in [2.75, 3.05) is 26.4 Å². The Bertz CT molecular complexity index is 975. The molecule has 15 heteroatoms. The van der Waals surface area contributed by atoms with E-state index in [0.29, 0.717) is 6.42 Å².